The van der Waals surface area contributed by atoms with Crippen LogP contribution in [0.4, 0.5) is 0 Å². The van der Waals surface area contributed by atoms with E-state index < -0.39 is 0 Å². The number of aromatic nitrogens is 3. The quantitative estimate of drug-likeness (QED) is 0.695. The fraction of sp³-hybridized carbons (Fsp3) is 0.381. The molecule has 0 bridgehead atoms. The molecule has 0 spiro atoms. The number of carbonyl (C=O) groups is 1. The first-order valence-electron chi connectivity index (χ1n) is 9.73. The minimum absolute atomic E-state index is 0.161. The molecular weight excluding hydrogens is 390 g/mol. The molecule has 0 saturated heterocycles. The van der Waals surface area contributed by atoms with Crippen LogP contribution in [-0.2, 0) is 26.1 Å². The molecule has 0 aliphatic carbocycles. The molecule has 3 heterocycles. The first-order chi connectivity index (χ1) is 14.0. The van der Waals surface area contributed by atoms with E-state index >= 15 is 0 Å². The second kappa shape index (κ2) is 8.39. The molecule has 1 aliphatic rings. The molecule has 7 nitrogen and oxygen atoms in total. The smallest absolute Gasteiger partial charge is 0.255 e. The second-order valence-electron chi connectivity index (χ2n) is 7.31. The van der Waals surface area contributed by atoms with Gasteiger partial charge in [0.15, 0.2) is 5.82 Å². The van der Waals surface area contributed by atoms with Gasteiger partial charge < -0.3 is 14.3 Å². The highest BCUT2D eigenvalue weighted by molar-refractivity contribution is 6.31. The molecule has 1 amide bonds. The molecule has 152 valence electrons. The van der Waals surface area contributed by atoms with Gasteiger partial charge in [-0.15, -0.1) is 10.2 Å². The molecule has 0 saturated carbocycles. The first kappa shape index (κ1) is 19.7. The number of amides is 1. The highest BCUT2D eigenvalue weighted by Gasteiger charge is 2.20. The zero-order chi connectivity index (χ0) is 20.4. The topological polar surface area (TPSA) is 76.2 Å². The summed E-state index contributed by atoms with van der Waals surface area (Å²) < 4.78 is 7.55. The summed E-state index contributed by atoms with van der Waals surface area (Å²) in [5, 5.41) is 12.4. The SMILES string of the molecule is Cc1cc(C(=O)NCc2nnc3n2CCN(Cc2ccccc2Cl)CC3)c(C)o1. The summed E-state index contributed by atoms with van der Waals surface area (Å²) in [4.78, 5) is 14.8. The Morgan fingerprint density at radius 1 is 1.21 bits per heavy atom. The molecule has 0 fully saturated rings. The molecular formula is C21H24ClN5O2. The van der Waals surface area contributed by atoms with Crippen molar-refractivity contribution in [3.05, 3.63) is 69.7 Å². The number of hydrogen-bond donors (Lipinski definition) is 1. The van der Waals surface area contributed by atoms with E-state index in [0.29, 0.717) is 17.9 Å². The second-order valence-corrected chi connectivity index (χ2v) is 7.72. The van der Waals surface area contributed by atoms with E-state index in [2.05, 4.69) is 31.0 Å². The molecule has 1 aliphatic heterocycles. The van der Waals surface area contributed by atoms with Crippen molar-refractivity contribution in [2.45, 2.75) is 39.9 Å². The van der Waals surface area contributed by atoms with Crippen LogP contribution in [0.5, 0.6) is 0 Å². The number of nitrogens with zero attached hydrogens (tertiary/aromatic N) is 4. The fourth-order valence-electron chi connectivity index (χ4n) is 3.69. The Balaban J connectivity index is 1.39. The lowest BCUT2D eigenvalue weighted by atomic mass is 10.2. The van der Waals surface area contributed by atoms with E-state index in [1.165, 1.54) is 0 Å². The summed E-state index contributed by atoms with van der Waals surface area (Å²) >= 11 is 6.31. The predicted octanol–water partition coefficient (Wildman–Crippen LogP) is 3.13. The third kappa shape index (κ3) is 4.36. The van der Waals surface area contributed by atoms with Gasteiger partial charge in [-0.2, -0.15) is 0 Å². The number of aryl methyl sites for hydroxylation is 2. The average Bonchev–Trinajstić information content (AvgIpc) is 3.18. The zero-order valence-electron chi connectivity index (χ0n) is 16.6. The number of benzene rings is 1. The van der Waals surface area contributed by atoms with E-state index in [1.54, 1.807) is 13.0 Å². The predicted molar refractivity (Wildman–Crippen MR) is 110 cm³/mol. The van der Waals surface area contributed by atoms with Gasteiger partial charge in [0.05, 0.1) is 12.1 Å². The third-order valence-electron chi connectivity index (χ3n) is 5.24. The van der Waals surface area contributed by atoms with Crippen LogP contribution in [0.15, 0.2) is 34.7 Å². The van der Waals surface area contributed by atoms with Gasteiger partial charge in [0.25, 0.3) is 5.91 Å². The van der Waals surface area contributed by atoms with Gasteiger partial charge in [-0.3, -0.25) is 9.69 Å². The minimum atomic E-state index is -0.161. The Bertz CT molecular complexity index is 1030. The van der Waals surface area contributed by atoms with Crippen molar-refractivity contribution in [2.75, 3.05) is 13.1 Å². The van der Waals surface area contributed by atoms with Crippen LogP contribution in [0, 0.1) is 13.8 Å². The first-order valence-corrected chi connectivity index (χ1v) is 10.1. The van der Waals surface area contributed by atoms with Crippen LogP contribution in [0.3, 0.4) is 0 Å². The summed E-state index contributed by atoms with van der Waals surface area (Å²) in [5.74, 6) is 2.90. The lowest BCUT2D eigenvalue weighted by Gasteiger charge is -2.20. The molecule has 8 heteroatoms. The third-order valence-corrected chi connectivity index (χ3v) is 5.61. The van der Waals surface area contributed by atoms with Crippen molar-refractivity contribution in [2.24, 2.45) is 0 Å². The normalized spacial score (nSPS) is 14.4. The van der Waals surface area contributed by atoms with E-state index in [-0.39, 0.29) is 5.91 Å². The lowest BCUT2D eigenvalue weighted by molar-refractivity contribution is 0.0948. The Kier molecular flexibility index (Phi) is 5.69. The summed E-state index contributed by atoms with van der Waals surface area (Å²) in [7, 11) is 0. The Labute approximate surface area is 174 Å². The van der Waals surface area contributed by atoms with Crippen molar-refractivity contribution in [1.29, 1.82) is 0 Å². The average molecular weight is 414 g/mol. The van der Waals surface area contributed by atoms with Crippen LogP contribution in [-0.4, -0.2) is 38.7 Å². The summed E-state index contributed by atoms with van der Waals surface area (Å²) in [5.41, 5.74) is 1.69. The molecule has 0 atom stereocenters. The van der Waals surface area contributed by atoms with E-state index in [0.717, 1.165) is 60.6 Å². The van der Waals surface area contributed by atoms with Crippen LogP contribution >= 0.6 is 11.6 Å². The zero-order valence-corrected chi connectivity index (χ0v) is 17.4. The van der Waals surface area contributed by atoms with E-state index in [1.807, 2.05) is 25.1 Å². The number of hydrogen-bond acceptors (Lipinski definition) is 5. The molecule has 2 aromatic heterocycles. The summed E-state index contributed by atoms with van der Waals surface area (Å²) in [6.45, 7) is 7.31. The summed E-state index contributed by atoms with van der Waals surface area (Å²) in [6, 6.07) is 9.70. The van der Waals surface area contributed by atoms with Crippen molar-refractivity contribution >= 4 is 17.5 Å². The van der Waals surface area contributed by atoms with Crippen molar-refractivity contribution < 1.29 is 9.21 Å². The number of carbonyl (C=O) groups excluding carboxylic acids is 1. The van der Waals surface area contributed by atoms with Crippen molar-refractivity contribution in [1.82, 2.24) is 25.0 Å². The summed E-state index contributed by atoms with van der Waals surface area (Å²) in [6.07, 6.45) is 0.811. The maximum atomic E-state index is 12.4. The molecule has 29 heavy (non-hydrogen) atoms. The highest BCUT2D eigenvalue weighted by Crippen LogP contribution is 2.19. The van der Waals surface area contributed by atoms with Crippen LogP contribution < -0.4 is 5.32 Å². The molecule has 4 rings (SSSR count). The lowest BCUT2D eigenvalue weighted by Crippen LogP contribution is -2.28. The molecule has 3 aromatic rings. The van der Waals surface area contributed by atoms with Gasteiger partial charge in [-0.1, -0.05) is 29.8 Å². The number of halogens is 1. The number of fused-ring (bicyclic) bond motifs is 1. The molecule has 1 N–H and O–H groups in total. The fourth-order valence-corrected chi connectivity index (χ4v) is 3.89. The van der Waals surface area contributed by atoms with E-state index in [4.69, 9.17) is 16.0 Å². The minimum Gasteiger partial charge on any atom is -0.466 e. The van der Waals surface area contributed by atoms with Crippen LogP contribution in [0.2, 0.25) is 5.02 Å². The van der Waals surface area contributed by atoms with Crippen LogP contribution in [0.25, 0.3) is 0 Å². The highest BCUT2D eigenvalue weighted by atomic mass is 35.5. The largest absolute Gasteiger partial charge is 0.466 e. The van der Waals surface area contributed by atoms with Crippen molar-refractivity contribution in [3.63, 3.8) is 0 Å². The van der Waals surface area contributed by atoms with Gasteiger partial charge in [0.1, 0.15) is 17.3 Å². The molecule has 0 unspecified atom stereocenters. The number of furan rings is 1. The Morgan fingerprint density at radius 2 is 2.03 bits per heavy atom. The van der Waals surface area contributed by atoms with Crippen molar-refractivity contribution in [3.8, 4) is 0 Å². The molecule has 1 aromatic carbocycles. The van der Waals surface area contributed by atoms with Gasteiger partial charge in [-0.25, -0.2) is 0 Å². The maximum Gasteiger partial charge on any atom is 0.255 e. The van der Waals surface area contributed by atoms with E-state index in [9.17, 15) is 4.79 Å². The monoisotopic (exact) mass is 413 g/mol. The number of rotatable bonds is 5. The Hall–Kier alpha value is -2.64. The Morgan fingerprint density at radius 3 is 2.79 bits per heavy atom. The van der Waals surface area contributed by atoms with Gasteiger partial charge in [0.2, 0.25) is 0 Å². The standard InChI is InChI=1S/C21H24ClN5O2/c1-14-11-17(15(2)29-14)21(28)23-12-20-25-24-19-7-8-26(9-10-27(19)20)13-16-5-3-4-6-18(16)22/h3-6,11H,7-10,12-13H2,1-2H3,(H,23,28). The van der Waals surface area contributed by atoms with Gasteiger partial charge in [-0.05, 0) is 31.5 Å². The number of nitrogens with one attached hydrogen (secondary N) is 1. The molecule has 0 radical (unpaired) electrons. The van der Waals surface area contributed by atoms with Gasteiger partial charge in [0, 0.05) is 37.6 Å². The van der Waals surface area contributed by atoms with Crippen LogP contribution in [0.1, 0.15) is 39.1 Å². The van der Waals surface area contributed by atoms with Gasteiger partial charge >= 0.3 is 0 Å². The maximum absolute atomic E-state index is 12.4.